The summed E-state index contributed by atoms with van der Waals surface area (Å²) in [6.07, 6.45) is 0. The molecule has 5 heteroatoms. The zero-order chi connectivity index (χ0) is 12.8. The maximum Gasteiger partial charge on any atom is 0.426 e. The normalized spacial score (nSPS) is 9.05. The first-order valence-electron chi connectivity index (χ1n) is 5.77. The number of hydrogen-bond acceptors (Lipinski definition) is 3. The SMILES string of the molecule is CCOc1cc(Nc2ccccc2)ccc1[N+]#N.[Br-]. The van der Waals surface area contributed by atoms with E-state index in [4.69, 9.17) is 10.1 Å². The fraction of sp³-hybridized carbons (Fsp3) is 0.143. The Labute approximate surface area is 122 Å². The zero-order valence-electron chi connectivity index (χ0n) is 10.5. The molecule has 0 fully saturated rings. The van der Waals surface area contributed by atoms with Crippen LogP contribution < -0.4 is 27.0 Å². The number of ether oxygens (including phenoxy) is 1. The van der Waals surface area contributed by atoms with E-state index in [1.165, 1.54) is 0 Å². The van der Waals surface area contributed by atoms with Crippen LogP contribution in [-0.2, 0) is 0 Å². The lowest BCUT2D eigenvalue weighted by atomic mass is 10.2. The number of diazo groups is 1. The first kappa shape index (κ1) is 15.0. The molecule has 0 aliphatic rings. The molecular formula is C14H14BrN3O. The highest BCUT2D eigenvalue weighted by Gasteiger charge is 2.15. The number of para-hydroxylation sites is 1. The van der Waals surface area contributed by atoms with Gasteiger partial charge in [0.1, 0.15) is 0 Å². The van der Waals surface area contributed by atoms with Crippen LogP contribution in [0.25, 0.3) is 4.98 Å². The van der Waals surface area contributed by atoms with Crippen LogP contribution in [0, 0.1) is 5.39 Å². The molecule has 0 heterocycles. The van der Waals surface area contributed by atoms with Crippen molar-refractivity contribution in [2.45, 2.75) is 6.92 Å². The van der Waals surface area contributed by atoms with E-state index in [0.29, 0.717) is 18.0 Å². The molecule has 0 amide bonds. The number of benzene rings is 2. The van der Waals surface area contributed by atoms with Crippen LogP contribution in [0.2, 0.25) is 0 Å². The predicted molar refractivity (Wildman–Crippen MR) is 72.1 cm³/mol. The number of anilines is 2. The van der Waals surface area contributed by atoms with Crippen LogP contribution in [0.15, 0.2) is 48.5 Å². The van der Waals surface area contributed by atoms with Crippen molar-refractivity contribution in [2.24, 2.45) is 0 Å². The maximum atomic E-state index is 8.85. The van der Waals surface area contributed by atoms with Gasteiger partial charge in [-0.25, -0.2) is 0 Å². The van der Waals surface area contributed by atoms with Gasteiger partial charge in [0, 0.05) is 23.5 Å². The van der Waals surface area contributed by atoms with Gasteiger partial charge in [-0.15, -0.1) is 0 Å². The summed E-state index contributed by atoms with van der Waals surface area (Å²) >= 11 is 0. The first-order valence-corrected chi connectivity index (χ1v) is 5.77. The molecular weight excluding hydrogens is 306 g/mol. The Balaban J connectivity index is 0.00000180. The van der Waals surface area contributed by atoms with Gasteiger partial charge in [-0.05, 0) is 25.1 Å². The third-order valence-electron chi connectivity index (χ3n) is 2.43. The lowest BCUT2D eigenvalue weighted by Gasteiger charge is -2.07. The van der Waals surface area contributed by atoms with E-state index < -0.39 is 0 Å². The Hall–Kier alpha value is -2.06. The van der Waals surface area contributed by atoms with Gasteiger partial charge in [0.25, 0.3) is 0 Å². The zero-order valence-corrected chi connectivity index (χ0v) is 12.1. The second kappa shape index (κ2) is 7.39. The molecule has 19 heavy (non-hydrogen) atoms. The second-order valence-corrected chi connectivity index (χ2v) is 3.71. The van der Waals surface area contributed by atoms with Gasteiger partial charge in [-0.2, -0.15) is 0 Å². The maximum absolute atomic E-state index is 8.85. The van der Waals surface area contributed by atoms with Crippen molar-refractivity contribution in [3.63, 3.8) is 0 Å². The van der Waals surface area contributed by atoms with Gasteiger partial charge >= 0.3 is 5.69 Å². The van der Waals surface area contributed by atoms with Gasteiger partial charge in [0.15, 0.2) is 4.98 Å². The van der Waals surface area contributed by atoms with Crippen LogP contribution in [0.3, 0.4) is 0 Å². The molecule has 0 aliphatic heterocycles. The van der Waals surface area contributed by atoms with Crippen LogP contribution in [-0.4, -0.2) is 6.61 Å². The van der Waals surface area contributed by atoms with Gasteiger partial charge in [0.2, 0.25) is 11.1 Å². The monoisotopic (exact) mass is 319 g/mol. The van der Waals surface area contributed by atoms with Crippen LogP contribution in [0.4, 0.5) is 17.1 Å². The summed E-state index contributed by atoms with van der Waals surface area (Å²) in [6, 6.07) is 15.2. The van der Waals surface area contributed by atoms with Crippen molar-refractivity contribution in [3.8, 4) is 5.75 Å². The number of hydrogen-bond donors (Lipinski definition) is 1. The Bertz CT molecular complexity index is 567. The fourth-order valence-corrected chi connectivity index (χ4v) is 1.63. The lowest BCUT2D eigenvalue weighted by Crippen LogP contribution is -3.00. The van der Waals surface area contributed by atoms with Crippen LogP contribution >= 0.6 is 0 Å². The molecule has 1 N–H and O–H groups in total. The van der Waals surface area contributed by atoms with Crippen molar-refractivity contribution < 1.29 is 21.7 Å². The molecule has 0 bridgehead atoms. The molecule has 0 atom stereocenters. The number of nitrogens with zero attached hydrogens (tertiary/aromatic N) is 2. The summed E-state index contributed by atoms with van der Waals surface area (Å²) in [5, 5.41) is 12.1. The highest BCUT2D eigenvalue weighted by Crippen LogP contribution is 2.31. The Morgan fingerprint density at radius 2 is 1.84 bits per heavy atom. The van der Waals surface area contributed by atoms with E-state index in [2.05, 4.69) is 10.3 Å². The van der Waals surface area contributed by atoms with Crippen molar-refractivity contribution in [1.29, 1.82) is 5.39 Å². The van der Waals surface area contributed by atoms with E-state index in [1.807, 2.05) is 49.4 Å². The summed E-state index contributed by atoms with van der Waals surface area (Å²) in [5.41, 5.74) is 2.31. The van der Waals surface area contributed by atoms with Crippen molar-refractivity contribution in [3.05, 3.63) is 53.5 Å². The Kier molecular flexibility index (Phi) is 5.83. The lowest BCUT2D eigenvalue weighted by molar-refractivity contribution is -0.00000438. The predicted octanol–water partition coefficient (Wildman–Crippen LogP) is 1.32. The molecule has 0 saturated carbocycles. The van der Waals surface area contributed by atoms with Crippen molar-refractivity contribution in [1.82, 2.24) is 0 Å². The highest BCUT2D eigenvalue weighted by molar-refractivity contribution is 5.68. The number of nitrogens with one attached hydrogen (secondary N) is 1. The smallest absolute Gasteiger partial charge is 0.426 e. The second-order valence-electron chi connectivity index (χ2n) is 3.71. The third-order valence-corrected chi connectivity index (χ3v) is 2.43. The van der Waals surface area contributed by atoms with Crippen LogP contribution in [0.1, 0.15) is 6.92 Å². The van der Waals surface area contributed by atoms with E-state index in [0.717, 1.165) is 11.4 Å². The number of halogens is 1. The molecule has 4 nitrogen and oxygen atoms in total. The summed E-state index contributed by atoms with van der Waals surface area (Å²) in [5.74, 6) is 0.556. The molecule has 0 radical (unpaired) electrons. The molecule has 0 saturated heterocycles. The van der Waals surface area contributed by atoms with Gasteiger partial charge < -0.3 is 27.0 Å². The third kappa shape index (κ3) is 3.97. The average molecular weight is 320 g/mol. The summed E-state index contributed by atoms with van der Waals surface area (Å²) in [6.45, 7) is 2.41. The van der Waals surface area contributed by atoms with Crippen molar-refractivity contribution >= 4 is 17.1 Å². The molecule has 2 rings (SSSR count). The fourth-order valence-electron chi connectivity index (χ4n) is 1.63. The molecule has 0 unspecified atom stereocenters. The highest BCUT2D eigenvalue weighted by atomic mass is 79.9. The van der Waals surface area contributed by atoms with E-state index in [-0.39, 0.29) is 17.0 Å². The van der Waals surface area contributed by atoms with E-state index in [9.17, 15) is 0 Å². The molecule has 0 aliphatic carbocycles. The standard InChI is InChI=1S/C14H14N3O.BrH/c1-2-18-14-10-12(8-9-13(14)17-15)16-11-6-4-3-5-7-11;/h3-10,16H,2H2,1H3;1H/q+1;/p-1. The van der Waals surface area contributed by atoms with Gasteiger partial charge in [-0.3, -0.25) is 0 Å². The molecule has 0 spiro atoms. The van der Waals surface area contributed by atoms with E-state index in [1.54, 1.807) is 6.07 Å². The van der Waals surface area contributed by atoms with Gasteiger partial charge in [0.05, 0.1) is 6.61 Å². The largest absolute Gasteiger partial charge is 1.00 e. The first-order chi connectivity index (χ1) is 8.83. The molecule has 98 valence electrons. The Morgan fingerprint density at radius 3 is 2.47 bits per heavy atom. The van der Waals surface area contributed by atoms with E-state index >= 15 is 0 Å². The topological polar surface area (TPSA) is 49.4 Å². The average Bonchev–Trinajstić information content (AvgIpc) is 2.41. The van der Waals surface area contributed by atoms with Gasteiger partial charge in [-0.1, -0.05) is 18.2 Å². The quantitative estimate of drug-likeness (QED) is 0.865. The number of rotatable bonds is 4. The summed E-state index contributed by atoms with van der Waals surface area (Å²) in [7, 11) is 0. The minimum absolute atomic E-state index is 0. The molecule has 0 aromatic heterocycles. The summed E-state index contributed by atoms with van der Waals surface area (Å²) in [4.78, 5) is 3.18. The molecule has 2 aromatic carbocycles. The summed E-state index contributed by atoms with van der Waals surface area (Å²) < 4.78 is 5.41. The van der Waals surface area contributed by atoms with Crippen LogP contribution in [0.5, 0.6) is 5.75 Å². The van der Waals surface area contributed by atoms with Crippen molar-refractivity contribution in [2.75, 3.05) is 11.9 Å². The Morgan fingerprint density at radius 1 is 1.11 bits per heavy atom. The molecule has 2 aromatic rings. The minimum atomic E-state index is 0. The minimum Gasteiger partial charge on any atom is -1.00 e.